The SMILES string of the molecule is Cn1cccc1CC(=O)N/N=C\c1ccc(O)cc1O. The summed E-state index contributed by atoms with van der Waals surface area (Å²) in [7, 11) is 1.86. The molecule has 2 aromatic rings. The fourth-order valence-corrected chi connectivity index (χ4v) is 1.70. The Bertz CT molecular complexity index is 647. The Morgan fingerprint density at radius 3 is 2.85 bits per heavy atom. The van der Waals surface area contributed by atoms with Crippen LogP contribution in [0.15, 0.2) is 41.6 Å². The van der Waals surface area contributed by atoms with Crippen LogP contribution in [-0.2, 0) is 18.3 Å². The van der Waals surface area contributed by atoms with Gasteiger partial charge in [0.15, 0.2) is 0 Å². The molecule has 0 aliphatic carbocycles. The molecule has 0 spiro atoms. The molecule has 1 aromatic carbocycles. The summed E-state index contributed by atoms with van der Waals surface area (Å²) in [5.74, 6) is -0.390. The number of rotatable bonds is 4. The number of phenols is 2. The van der Waals surface area contributed by atoms with Gasteiger partial charge in [0.2, 0.25) is 5.91 Å². The maximum Gasteiger partial charge on any atom is 0.245 e. The van der Waals surface area contributed by atoms with Crippen LogP contribution in [0.1, 0.15) is 11.3 Å². The number of amides is 1. The van der Waals surface area contributed by atoms with Gasteiger partial charge in [-0.15, -0.1) is 0 Å². The van der Waals surface area contributed by atoms with Crippen molar-refractivity contribution in [2.75, 3.05) is 0 Å². The van der Waals surface area contributed by atoms with E-state index in [0.717, 1.165) is 5.69 Å². The zero-order chi connectivity index (χ0) is 14.5. The Morgan fingerprint density at radius 2 is 2.20 bits per heavy atom. The molecule has 0 atom stereocenters. The molecule has 0 aliphatic rings. The van der Waals surface area contributed by atoms with E-state index in [4.69, 9.17) is 5.11 Å². The van der Waals surface area contributed by atoms with Crippen molar-refractivity contribution < 1.29 is 15.0 Å². The summed E-state index contributed by atoms with van der Waals surface area (Å²) in [5, 5.41) is 22.4. The predicted molar refractivity (Wildman–Crippen MR) is 74.6 cm³/mol. The van der Waals surface area contributed by atoms with Crippen LogP contribution < -0.4 is 5.43 Å². The van der Waals surface area contributed by atoms with E-state index in [-0.39, 0.29) is 23.8 Å². The van der Waals surface area contributed by atoms with Crippen LogP contribution >= 0.6 is 0 Å². The van der Waals surface area contributed by atoms with Crippen molar-refractivity contribution in [1.82, 2.24) is 9.99 Å². The molecule has 0 aliphatic heterocycles. The molecule has 0 unspecified atom stereocenters. The summed E-state index contributed by atoms with van der Waals surface area (Å²) in [4.78, 5) is 11.7. The molecule has 1 aromatic heterocycles. The van der Waals surface area contributed by atoms with Crippen molar-refractivity contribution in [3.63, 3.8) is 0 Å². The number of nitrogens with zero attached hydrogens (tertiary/aromatic N) is 2. The van der Waals surface area contributed by atoms with E-state index >= 15 is 0 Å². The Labute approximate surface area is 116 Å². The third-order valence-corrected chi connectivity index (χ3v) is 2.80. The maximum atomic E-state index is 11.7. The van der Waals surface area contributed by atoms with Gasteiger partial charge in [0, 0.05) is 30.6 Å². The standard InChI is InChI=1S/C14H15N3O3/c1-17-6-2-3-11(17)7-14(20)16-15-9-10-4-5-12(18)8-13(10)19/h2-6,8-9,18-19H,7H2,1H3,(H,16,20)/b15-9-. The van der Waals surface area contributed by atoms with Gasteiger partial charge < -0.3 is 14.8 Å². The average Bonchev–Trinajstić information content (AvgIpc) is 2.78. The molecule has 0 saturated carbocycles. The van der Waals surface area contributed by atoms with Gasteiger partial charge in [0.1, 0.15) is 11.5 Å². The number of aryl methyl sites for hydroxylation is 1. The molecule has 0 fully saturated rings. The zero-order valence-corrected chi connectivity index (χ0v) is 10.9. The lowest BCUT2D eigenvalue weighted by Gasteiger charge is -2.02. The van der Waals surface area contributed by atoms with E-state index in [0.29, 0.717) is 5.56 Å². The van der Waals surface area contributed by atoms with Crippen molar-refractivity contribution in [3.8, 4) is 11.5 Å². The molecule has 0 saturated heterocycles. The van der Waals surface area contributed by atoms with Crippen LogP contribution in [0.5, 0.6) is 11.5 Å². The Balaban J connectivity index is 1.93. The molecular formula is C14H15N3O3. The van der Waals surface area contributed by atoms with Crippen molar-refractivity contribution >= 4 is 12.1 Å². The van der Waals surface area contributed by atoms with Crippen molar-refractivity contribution in [2.45, 2.75) is 6.42 Å². The second-order valence-electron chi connectivity index (χ2n) is 4.32. The summed E-state index contributed by atoms with van der Waals surface area (Å²) in [6.45, 7) is 0. The Hall–Kier alpha value is -2.76. The minimum Gasteiger partial charge on any atom is -0.508 e. The number of aromatic hydroxyl groups is 2. The van der Waals surface area contributed by atoms with Crippen LogP contribution in [0, 0.1) is 0 Å². The second-order valence-corrected chi connectivity index (χ2v) is 4.32. The quantitative estimate of drug-likeness (QED) is 0.576. The lowest BCUT2D eigenvalue weighted by Crippen LogP contribution is -2.20. The third kappa shape index (κ3) is 3.38. The van der Waals surface area contributed by atoms with E-state index in [1.54, 1.807) is 0 Å². The molecule has 104 valence electrons. The molecule has 2 rings (SSSR count). The molecule has 20 heavy (non-hydrogen) atoms. The van der Waals surface area contributed by atoms with Gasteiger partial charge in [-0.1, -0.05) is 0 Å². The fraction of sp³-hybridized carbons (Fsp3) is 0.143. The number of hydrogen-bond donors (Lipinski definition) is 3. The third-order valence-electron chi connectivity index (χ3n) is 2.80. The van der Waals surface area contributed by atoms with E-state index in [1.165, 1.54) is 24.4 Å². The summed E-state index contributed by atoms with van der Waals surface area (Å²) in [6.07, 6.45) is 3.40. The largest absolute Gasteiger partial charge is 0.508 e. The average molecular weight is 273 g/mol. The maximum absolute atomic E-state index is 11.7. The normalized spacial score (nSPS) is 10.8. The number of carbonyl (C=O) groups is 1. The lowest BCUT2D eigenvalue weighted by molar-refractivity contribution is -0.120. The lowest BCUT2D eigenvalue weighted by atomic mass is 10.2. The van der Waals surface area contributed by atoms with E-state index in [2.05, 4.69) is 10.5 Å². The molecule has 1 amide bonds. The van der Waals surface area contributed by atoms with Crippen molar-refractivity contribution in [3.05, 3.63) is 47.8 Å². The topological polar surface area (TPSA) is 86.9 Å². The van der Waals surface area contributed by atoms with Gasteiger partial charge in [0.05, 0.1) is 12.6 Å². The van der Waals surface area contributed by atoms with Gasteiger partial charge in [-0.05, 0) is 24.3 Å². The molecule has 0 bridgehead atoms. The first-order chi connectivity index (χ1) is 9.56. The van der Waals surface area contributed by atoms with Crippen molar-refractivity contribution in [1.29, 1.82) is 0 Å². The predicted octanol–water partition coefficient (Wildman–Crippen LogP) is 1.13. The molecule has 6 nitrogen and oxygen atoms in total. The molecular weight excluding hydrogens is 258 g/mol. The van der Waals surface area contributed by atoms with E-state index in [9.17, 15) is 9.90 Å². The summed E-state index contributed by atoms with van der Waals surface area (Å²) in [5.41, 5.74) is 3.67. The van der Waals surface area contributed by atoms with E-state index in [1.807, 2.05) is 29.9 Å². The van der Waals surface area contributed by atoms with Crippen LogP contribution in [0.2, 0.25) is 0 Å². The molecule has 3 N–H and O–H groups in total. The first kappa shape index (κ1) is 13.7. The van der Waals surface area contributed by atoms with Crippen LogP contribution in [0.4, 0.5) is 0 Å². The summed E-state index contributed by atoms with van der Waals surface area (Å²) in [6, 6.07) is 7.84. The highest BCUT2D eigenvalue weighted by atomic mass is 16.3. The number of hydrogen-bond acceptors (Lipinski definition) is 4. The van der Waals surface area contributed by atoms with Gasteiger partial charge in [-0.2, -0.15) is 5.10 Å². The van der Waals surface area contributed by atoms with Gasteiger partial charge in [0.25, 0.3) is 0 Å². The monoisotopic (exact) mass is 273 g/mol. The van der Waals surface area contributed by atoms with Gasteiger partial charge in [-0.3, -0.25) is 4.79 Å². The molecule has 0 radical (unpaired) electrons. The van der Waals surface area contributed by atoms with Crippen LogP contribution in [-0.4, -0.2) is 26.9 Å². The van der Waals surface area contributed by atoms with Crippen LogP contribution in [0.25, 0.3) is 0 Å². The molecule has 6 heteroatoms. The van der Waals surface area contributed by atoms with E-state index < -0.39 is 0 Å². The smallest absolute Gasteiger partial charge is 0.245 e. The second kappa shape index (κ2) is 5.92. The summed E-state index contributed by atoms with van der Waals surface area (Å²) >= 11 is 0. The highest BCUT2D eigenvalue weighted by Crippen LogP contribution is 2.20. The van der Waals surface area contributed by atoms with Crippen LogP contribution in [0.3, 0.4) is 0 Å². The number of nitrogens with one attached hydrogen (secondary N) is 1. The highest BCUT2D eigenvalue weighted by Gasteiger charge is 2.04. The van der Waals surface area contributed by atoms with Gasteiger partial charge >= 0.3 is 0 Å². The zero-order valence-electron chi connectivity index (χ0n) is 10.9. The number of phenolic OH excluding ortho intramolecular Hbond substituents is 2. The number of aromatic nitrogens is 1. The minimum atomic E-state index is -0.249. The Morgan fingerprint density at radius 1 is 1.40 bits per heavy atom. The number of carbonyl (C=O) groups excluding carboxylic acids is 1. The molecule has 1 heterocycles. The minimum absolute atomic E-state index is 0.0348. The first-order valence-corrected chi connectivity index (χ1v) is 6.00. The highest BCUT2D eigenvalue weighted by molar-refractivity contribution is 5.85. The Kier molecular flexibility index (Phi) is 4.05. The number of hydrazone groups is 1. The fourth-order valence-electron chi connectivity index (χ4n) is 1.70. The number of benzene rings is 1. The summed E-state index contributed by atoms with van der Waals surface area (Å²) < 4.78 is 1.86. The van der Waals surface area contributed by atoms with Gasteiger partial charge in [-0.25, -0.2) is 5.43 Å². The van der Waals surface area contributed by atoms with Crippen molar-refractivity contribution in [2.24, 2.45) is 12.1 Å². The first-order valence-electron chi connectivity index (χ1n) is 6.00.